The van der Waals surface area contributed by atoms with Gasteiger partial charge in [0.15, 0.2) is 0 Å². The Hall–Kier alpha value is -1.85. The predicted octanol–water partition coefficient (Wildman–Crippen LogP) is 3.30. The smallest absolute Gasteiger partial charge is 0.255 e. The zero-order chi connectivity index (χ0) is 13.8. The predicted molar refractivity (Wildman–Crippen MR) is 81.1 cm³/mol. The van der Waals surface area contributed by atoms with E-state index in [4.69, 9.17) is 5.84 Å². The minimum Gasteiger partial charge on any atom is -0.324 e. The first kappa shape index (κ1) is 13.6. The number of carbonyl (C=O) groups is 1. The molecule has 98 valence electrons. The van der Waals surface area contributed by atoms with E-state index in [0.717, 1.165) is 21.4 Å². The number of hydrogen-bond acceptors (Lipinski definition) is 3. The van der Waals surface area contributed by atoms with Gasteiger partial charge in [-0.1, -0.05) is 22.0 Å². The van der Waals surface area contributed by atoms with E-state index in [0.29, 0.717) is 5.56 Å². The molecule has 0 unspecified atom stereocenters. The van der Waals surface area contributed by atoms with Crippen molar-refractivity contribution in [3.63, 3.8) is 0 Å². The van der Waals surface area contributed by atoms with E-state index in [9.17, 15) is 4.79 Å². The van der Waals surface area contributed by atoms with E-state index >= 15 is 0 Å². The van der Waals surface area contributed by atoms with Crippen LogP contribution in [0.1, 0.15) is 15.9 Å². The average Bonchev–Trinajstić information content (AvgIpc) is 2.43. The minimum atomic E-state index is -0.153. The molecule has 19 heavy (non-hydrogen) atoms. The number of rotatable bonds is 3. The maximum Gasteiger partial charge on any atom is 0.255 e. The molecule has 2 rings (SSSR count). The zero-order valence-corrected chi connectivity index (χ0v) is 12.0. The highest BCUT2D eigenvalue weighted by molar-refractivity contribution is 9.10. The number of nitrogens with two attached hydrogens (primary N) is 1. The number of anilines is 2. The molecular formula is C14H14BrN3O. The van der Waals surface area contributed by atoms with E-state index in [1.54, 1.807) is 24.3 Å². The van der Waals surface area contributed by atoms with E-state index in [1.807, 2.05) is 25.1 Å². The van der Waals surface area contributed by atoms with Crippen molar-refractivity contribution in [3.8, 4) is 0 Å². The number of amides is 1. The first-order chi connectivity index (χ1) is 9.10. The molecule has 0 bridgehead atoms. The summed E-state index contributed by atoms with van der Waals surface area (Å²) in [6.07, 6.45) is 0. The quantitative estimate of drug-likeness (QED) is 0.600. The molecule has 4 nitrogen and oxygen atoms in total. The SMILES string of the molecule is Cc1ccc(NC(=O)c2ccc(NN)cc2)cc1Br. The molecule has 5 heteroatoms. The Morgan fingerprint density at radius 1 is 1.11 bits per heavy atom. The summed E-state index contributed by atoms with van der Waals surface area (Å²) in [7, 11) is 0. The van der Waals surface area contributed by atoms with Crippen LogP contribution in [0.3, 0.4) is 0 Å². The van der Waals surface area contributed by atoms with Gasteiger partial charge in [0.2, 0.25) is 0 Å². The van der Waals surface area contributed by atoms with Crippen molar-refractivity contribution < 1.29 is 4.79 Å². The Kier molecular flexibility index (Phi) is 4.19. The van der Waals surface area contributed by atoms with E-state index in [2.05, 4.69) is 26.7 Å². The van der Waals surface area contributed by atoms with Gasteiger partial charge in [0.25, 0.3) is 5.91 Å². The Labute approximate surface area is 120 Å². The largest absolute Gasteiger partial charge is 0.324 e. The van der Waals surface area contributed by atoms with Crippen LogP contribution in [0, 0.1) is 6.92 Å². The lowest BCUT2D eigenvalue weighted by atomic mass is 10.2. The molecule has 0 radical (unpaired) electrons. The highest BCUT2D eigenvalue weighted by Gasteiger charge is 2.06. The normalized spacial score (nSPS) is 10.1. The van der Waals surface area contributed by atoms with Gasteiger partial charge in [0, 0.05) is 21.4 Å². The summed E-state index contributed by atoms with van der Waals surface area (Å²) in [5, 5.41) is 2.84. The lowest BCUT2D eigenvalue weighted by Gasteiger charge is -2.07. The number of nitrogens with one attached hydrogen (secondary N) is 2. The van der Waals surface area contributed by atoms with Crippen molar-refractivity contribution in [1.82, 2.24) is 0 Å². The monoisotopic (exact) mass is 319 g/mol. The minimum absolute atomic E-state index is 0.153. The highest BCUT2D eigenvalue weighted by Crippen LogP contribution is 2.21. The maximum atomic E-state index is 12.0. The number of benzene rings is 2. The molecule has 0 fully saturated rings. The first-order valence-electron chi connectivity index (χ1n) is 5.74. The Balaban J connectivity index is 2.13. The number of nitrogen functional groups attached to an aromatic ring is 1. The average molecular weight is 320 g/mol. The third kappa shape index (κ3) is 3.33. The van der Waals surface area contributed by atoms with Crippen molar-refractivity contribution in [2.75, 3.05) is 10.7 Å². The second kappa shape index (κ2) is 5.86. The lowest BCUT2D eigenvalue weighted by molar-refractivity contribution is 0.102. The van der Waals surface area contributed by atoms with Crippen molar-refractivity contribution in [1.29, 1.82) is 0 Å². The number of carbonyl (C=O) groups excluding carboxylic acids is 1. The van der Waals surface area contributed by atoms with Gasteiger partial charge in [-0.2, -0.15) is 0 Å². The van der Waals surface area contributed by atoms with Gasteiger partial charge >= 0.3 is 0 Å². The van der Waals surface area contributed by atoms with Crippen LogP contribution in [-0.4, -0.2) is 5.91 Å². The summed E-state index contributed by atoms with van der Waals surface area (Å²) in [5.74, 6) is 5.12. The van der Waals surface area contributed by atoms with Gasteiger partial charge in [-0.3, -0.25) is 10.6 Å². The van der Waals surface area contributed by atoms with E-state index < -0.39 is 0 Å². The first-order valence-corrected chi connectivity index (χ1v) is 6.53. The maximum absolute atomic E-state index is 12.0. The van der Waals surface area contributed by atoms with Crippen molar-refractivity contribution in [3.05, 3.63) is 58.1 Å². The number of aryl methyl sites for hydroxylation is 1. The molecule has 0 saturated heterocycles. The van der Waals surface area contributed by atoms with Crippen LogP contribution < -0.4 is 16.6 Å². The molecule has 0 aromatic heterocycles. The Morgan fingerprint density at radius 2 is 1.74 bits per heavy atom. The highest BCUT2D eigenvalue weighted by atomic mass is 79.9. The van der Waals surface area contributed by atoms with Crippen molar-refractivity contribution in [2.45, 2.75) is 6.92 Å². The van der Waals surface area contributed by atoms with Crippen LogP contribution in [0.4, 0.5) is 11.4 Å². The summed E-state index contributed by atoms with van der Waals surface area (Å²) >= 11 is 3.44. The summed E-state index contributed by atoms with van der Waals surface area (Å²) in [5.41, 5.74) is 5.73. The van der Waals surface area contributed by atoms with Crippen LogP contribution in [0.25, 0.3) is 0 Å². The standard InChI is InChI=1S/C14H14BrN3O/c1-9-2-5-12(8-13(9)15)17-14(19)10-3-6-11(18-16)7-4-10/h2-8,18H,16H2,1H3,(H,17,19). The van der Waals surface area contributed by atoms with Crippen molar-refractivity contribution >= 4 is 33.2 Å². The van der Waals surface area contributed by atoms with Gasteiger partial charge < -0.3 is 10.7 Å². The number of hydrazine groups is 1. The summed E-state index contributed by atoms with van der Waals surface area (Å²) in [6.45, 7) is 1.99. The number of hydrogen-bond donors (Lipinski definition) is 3. The molecule has 0 heterocycles. The fourth-order valence-corrected chi connectivity index (χ4v) is 1.97. The molecule has 4 N–H and O–H groups in total. The summed E-state index contributed by atoms with van der Waals surface area (Å²) < 4.78 is 0.966. The topological polar surface area (TPSA) is 67.2 Å². The van der Waals surface area contributed by atoms with Gasteiger partial charge in [-0.05, 0) is 48.9 Å². The van der Waals surface area contributed by atoms with E-state index in [-0.39, 0.29) is 5.91 Å². The Bertz CT molecular complexity index is 596. The molecule has 2 aromatic rings. The molecule has 0 aliphatic rings. The summed E-state index contributed by atoms with van der Waals surface area (Å²) in [4.78, 5) is 12.0. The van der Waals surface area contributed by atoms with Crippen LogP contribution in [0.5, 0.6) is 0 Å². The molecule has 0 saturated carbocycles. The van der Waals surface area contributed by atoms with Crippen LogP contribution in [0.15, 0.2) is 46.9 Å². The van der Waals surface area contributed by atoms with Crippen LogP contribution in [0.2, 0.25) is 0 Å². The molecule has 0 aliphatic heterocycles. The second-order valence-corrected chi connectivity index (χ2v) is 4.99. The molecular weight excluding hydrogens is 306 g/mol. The number of halogens is 1. The fraction of sp³-hybridized carbons (Fsp3) is 0.0714. The third-order valence-corrected chi connectivity index (χ3v) is 3.60. The zero-order valence-electron chi connectivity index (χ0n) is 10.4. The van der Waals surface area contributed by atoms with Crippen LogP contribution >= 0.6 is 15.9 Å². The second-order valence-electron chi connectivity index (χ2n) is 4.14. The molecule has 0 spiro atoms. The summed E-state index contributed by atoms with van der Waals surface area (Å²) in [6, 6.07) is 12.6. The molecule has 2 aromatic carbocycles. The van der Waals surface area contributed by atoms with Gasteiger partial charge in [-0.15, -0.1) is 0 Å². The van der Waals surface area contributed by atoms with E-state index in [1.165, 1.54) is 0 Å². The fourth-order valence-electron chi connectivity index (χ4n) is 1.59. The third-order valence-electron chi connectivity index (χ3n) is 2.74. The molecule has 1 amide bonds. The van der Waals surface area contributed by atoms with Gasteiger partial charge in [0.1, 0.15) is 0 Å². The lowest BCUT2D eigenvalue weighted by Crippen LogP contribution is -2.12. The molecule has 0 atom stereocenters. The van der Waals surface area contributed by atoms with Crippen LogP contribution in [-0.2, 0) is 0 Å². The Morgan fingerprint density at radius 3 is 2.32 bits per heavy atom. The van der Waals surface area contributed by atoms with Gasteiger partial charge in [-0.25, -0.2) is 0 Å². The molecule has 0 aliphatic carbocycles. The van der Waals surface area contributed by atoms with Crippen molar-refractivity contribution in [2.24, 2.45) is 5.84 Å². The van der Waals surface area contributed by atoms with Gasteiger partial charge in [0.05, 0.1) is 0 Å².